The molecule has 2 atom stereocenters. The van der Waals surface area contributed by atoms with Crippen LogP contribution in [0.3, 0.4) is 0 Å². The summed E-state index contributed by atoms with van der Waals surface area (Å²) in [6.45, 7) is 7.16. The van der Waals surface area contributed by atoms with Gasteiger partial charge in [-0.15, -0.1) is 0 Å². The summed E-state index contributed by atoms with van der Waals surface area (Å²) in [5.41, 5.74) is 0.844. The lowest BCUT2D eigenvalue weighted by atomic mass is 9.96. The van der Waals surface area contributed by atoms with Crippen LogP contribution >= 0.6 is 0 Å². The van der Waals surface area contributed by atoms with Gasteiger partial charge in [0.15, 0.2) is 0 Å². The monoisotopic (exact) mass is 239 g/mol. The fourth-order valence-corrected chi connectivity index (χ4v) is 2.52. The zero-order valence-corrected chi connectivity index (χ0v) is 10.6. The number of halogens is 2. The molecule has 1 aromatic carbocycles. The van der Waals surface area contributed by atoms with Gasteiger partial charge in [-0.05, 0) is 30.4 Å². The molecular formula is C14H19F2N. The van der Waals surface area contributed by atoms with E-state index in [0.29, 0.717) is 11.5 Å². The lowest BCUT2D eigenvalue weighted by Gasteiger charge is -2.20. The molecule has 2 unspecified atom stereocenters. The largest absolute Gasteiger partial charge is 0.310 e. The van der Waals surface area contributed by atoms with E-state index in [2.05, 4.69) is 19.2 Å². The van der Waals surface area contributed by atoms with Crippen molar-refractivity contribution in [3.63, 3.8) is 0 Å². The Morgan fingerprint density at radius 3 is 2.53 bits per heavy atom. The van der Waals surface area contributed by atoms with Gasteiger partial charge in [-0.2, -0.15) is 0 Å². The van der Waals surface area contributed by atoms with Gasteiger partial charge in [0.05, 0.1) is 0 Å². The SMILES string of the molecule is CCNC(c1ccc(F)cc1F)C1CC1(C)C. The maximum atomic E-state index is 13.8. The van der Waals surface area contributed by atoms with Crippen molar-refractivity contribution in [3.05, 3.63) is 35.4 Å². The average molecular weight is 239 g/mol. The molecule has 0 radical (unpaired) electrons. The molecule has 0 amide bonds. The third-order valence-electron chi connectivity index (χ3n) is 3.71. The van der Waals surface area contributed by atoms with E-state index < -0.39 is 11.6 Å². The van der Waals surface area contributed by atoms with Crippen molar-refractivity contribution in [1.82, 2.24) is 5.32 Å². The Labute approximate surface area is 101 Å². The van der Waals surface area contributed by atoms with Crippen LogP contribution < -0.4 is 5.32 Å². The summed E-state index contributed by atoms with van der Waals surface area (Å²) in [5, 5.41) is 3.31. The van der Waals surface area contributed by atoms with Crippen molar-refractivity contribution in [3.8, 4) is 0 Å². The predicted molar refractivity (Wildman–Crippen MR) is 64.7 cm³/mol. The van der Waals surface area contributed by atoms with Crippen molar-refractivity contribution in [2.75, 3.05) is 6.54 Å². The fourth-order valence-electron chi connectivity index (χ4n) is 2.52. The van der Waals surface area contributed by atoms with Gasteiger partial charge >= 0.3 is 0 Å². The lowest BCUT2D eigenvalue weighted by molar-refractivity contribution is 0.408. The van der Waals surface area contributed by atoms with Crippen LogP contribution in [-0.4, -0.2) is 6.54 Å². The molecule has 1 aliphatic carbocycles. The van der Waals surface area contributed by atoms with E-state index >= 15 is 0 Å². The Balaban J connectivity index is 2.27. The summed E-state index contributed by atoms with van der Waals surface area (Å²) in [6.07, 6.45) is 1.08. The Morgan fingerprint density at radius 2 is 2.06 bits per heavy atom. The second kappa shape index (κ2) is 4.37. The van der Waals surface area contributed by atoms with E-state index in [4.69, 9.17) is 0 Å². The van der Waals surface area contributed by atoms with E-state index in [-0.39, 0.29) is 11.5 Å². The minimum absolute atomic E-state index is 0.00407. The average Bonchev–Trinajstić information content (AvgIpc) is 2.85. The minimum atomic E-state index is -0.517. The van der Waals surface area contributed by atoms with Gasteiger partial charge in [0, 0.05) is 17.7 Å². The summed E-state index contributed by atoms with van der Waals surface area (Å²) >= 11 is 0. The van der Waals surface area contributed by atoms with Crippen LogP contribution in [0.1, 0.15) is 38.8 Å². The first-order valence-corrected chi connectivity index (χ1v) is 6.14. The van der Waals surface area contributed by atoms with Crippen molar-refractivity contribution in [2.24, 2.45) is 11.3 Å². The highest BCUT2D eigenvalue weighted by Crippen LogP contribution is 2.57. The van der Waals surface area contributed by atoms with Gasteiger partial charge in [-0.1, -0.05) is 26.8 Å². The van der Waals surface area contributed by atoms with Crippen molar-refractivity contribution in [2.45, 2.75) is 33.2 Å². The quantitative estimate of drug-likeness (QED) is 0.845. The third kappa shape index (κ3) is 2.49. The van der Waals surface area contributed by atoms with Gasteiger partial charge in [0.1, 0.15) is 11.6 Å². The van der Waals surface area contributed by atoms with Crippen molar-refractivity contribution in [1.29, 1.82) is 0 Å². The molecule has 0 spiro atoms. The van der Waals surface area contributed by atoms with Crippen LogP contribution in [0.4, 0.5) is 8.78 Å². The Hall–Kier alpha value is -0.960. The van der Waals surface area contributed by atoms with Gasteiger partial charge in [0.2, 0.25) is 0 Å². The van der Waals surface area contributed by atoms with Gasteiger partial charge in [0.25, 0.3) is 0 Å². The van der Waals surface area contributed by atoms with E-state index in [1.54, 1.807) is 6.07 Å². The summed E-state index contributed by atoms with van der Waals surface area (Å²) < 4.78 is 26.7. The Morgan fingerprint density at radius 1 is 1.41 bits per heavy atom. The van der Waals surface area contributed by atoms with E-state index in [1.807, 2.05) is 6.92 Å². The molecule has 1 nitrogen and oxygen atoms in total. The van der Waals surface area contributed by atoms with Gasteiger partial charge < -0.3 is 5.32 Å². The number of benzene rings is 1. The minimum Gasteiger partial charge on any atom is -0.310 e. The molecule has 0 heterocycles. The summed E-state index contributed by atoms with van der Waals surface area (Å²) in [7, 11) is 0. The summed E-state index contributed by atoms with van der Waals surface area (Å²) in [6, 6.07) is 3.86. The molecule has 1 N–H and O–H groups in total. The fraction of sp³-hybridized carbons (Fsp3) is 0.571. The molecule has 94 valence electrons. The maximum absolute atomic E-state index is 13.8. The third-order valence-corrected chi connectivity index (χ3v) is 3.71. The maximum Gasteiger partial charge on any atom is 0.130 e. The highest BCUT2D eigenvalue weighted by molar-refractivity contribution is 5.25. The molecule has 3 heteroatoms. The topological polar surface area (TPSA) is 12.0 Å². The molecule has 17 heavy (non-hydrogen) atoms. The number of rotatable bonds is 4. The van der Waals surface area contributed by atoms with Crippen LogP contribution in [-0.2, 0) is 0 Å². The highest BCUT2D eigenvalue weighted by atomic mass is 19.1. The lowest BCUT2D eigenvalue weighted by Crippen LogP contribution is -2.25. The second-order valence-electron chi connectivity index (χ2n) is 5.50. The zero-order valence-electron chi connectivity index (χ0n) is 10.6. The molecule has 1 saturated carbocycles. The number of hydrogen-bond acceptors (Lipinski definition) is 1. The van der Waals surface area contributed by atoms with Crippen molar-refractivity contribution < 1.29 is 8.78 Å². The number of hydrogen-bond donors (Lipinski definition) is 1. The van der Waals surface area contributed by atoms with Crippen molar-refractivity contribution >= 4 is 0 Å². The van der Waals surface area contributed by atoms with E-state index in [1.165, 1.54) is 6.07 Å². The van der Waals surface area contributed by atoms with Crippen LogP contribution in [0.5, 0.6) is 0 Å². The van der Waals surface area contributed by atoms with E-state index in [9.17, 15) is 8.78 Å². The predicted octanol–water partition coefficient (Wildman–Crippen LogP) is 3.66. The van der Waals surface area contributed by atoms with Crippen LogP contribution in [0.15, 0.2) is 18.2 Å². The first kappa shape index (κ1) is 12.5. The molecule has 0 aliphatic heterocycles. The first-order valence-electron chi connectivity index (χ1n) is 6.14. The van der Waals surface area contributed by atoms with Crippen LogP contribution in [0.2, 0.25) is 0 Å². The second-order valence-corrected chi connectivity index (χ2v) is 5.50. The van der Waals surface area contributed by atoms with Gasteiger partial charge in [-0.3, -0.25) is 0 Å². The molecule has 1 fully saturated rings. The van der Waals surface area contributed by atoms with E-state index in [0.717, 1.165) is 19.0 Å². The molecule has 2 rings (SSSR count). The van der Waals surface area contributed by atoms with Gasteiger partial charge in [-0.25, -0.2) is 8.78 Å². The molecule has 0 saturated heterocycles. The normalized spacial score (nSPS) is 23.5. The number of nitrogens with one attached hydrogen (secondary N) is 1. The Bertz CT molecular complexity index is 415. The summed E-state index contributed by atoms with van der Waals surface area (Å²) in [4.78, 5) is 0. The smallest absolute Gasteiger partial charge is 0.130 e. The zero-order chi connectivity index (χ0) is 12.6. The molecular weight excluding hydrogens is 220 g/mol. The first-order chi connectivity index (χ1) is 7.95. The highest BCUT2D eigenvalue weighted by Gasteiger charge is 2.50. The summed E-state index contributed by atoms with van der Waals surface area (Å²) in [5.74, 6) is -0.530. The Kier molecular flexibility index (Phi) is 3.21. The van der Waals surface area contributed by atoms with Crippen LogP contribution in [0.25, 0.3) is 0 Å². The molecule has 1 aromatic rings. The molecule has 0 bridgehead atoms. The standard InChI is InChI=1S/C14H19F2N/c1-4-17-13(11-8-14(11,2)3)10-6-5-9(15)7-12(10)16/h5-7,11,13,17H,4,8H2,1-3H3. The molecule has 1 aliphatic rings. The molecule has 0 aromatic heterocycles. The van der Waals surface area contributed by atoms with Crippen LogP contribution in [0, 0.1) is 23.0 Å².